The summed E-state index contributed by atoms with van der Waals surface area (Å²) in [5, 5.41) is 8.15. The molecule has 0 aliphatic heterocycles. The Morgan fingerprint density at radius 1 is 0.312 bits per heavy atom. The normalized spacial score (nSPS) is 11.8. The molecular weight excluding hydrogens is 585 g/mol. The third-order valence-electron chi connectivity index (χ3n) is 9.76. The monoisotopic (exact) mass is 612 g/mol. The number of benzene rings is 8. The Balaban J connectivity index is 1.24. The lowest BCUT2D eigenvalue weighted by molar-refractivity contribution is 0.616. The summed E-state index contributed by atoms with van der Waals surface area (Å²) < 4.78 is 12.7. The molecule has 2 heterocycles. The zero-order valence-electron chi connectivity index (χ0n) is 26.0. The van der Waals surface area contributed by atoms with Crippen molar-refractivity contribution in [2.75, 3.05) is 0 Å². The SMILES string of the molecule is c1ccc(-c2ccccc2-c2c3ccccc3c(-c3ccc4c(c3)oc3ccc5occ(-c6ccccc6)c5c34)c3ccccc23)cc1. The fraction of sp³-hybridized carbons (Fsp3) is 0. The van der Waals surface area contributed by atoms with Crippen molar-refractivity contribution in [1.29, 1.82) is 0 Å². The van der Waals surface area contributed by atoms with Gasteiger partial charge in [0, 0.05) is 21.7 Å². The number of hydrogen-bond donors (Lipinski definition) is 0. The summed E-state index contributed by atoms with van der Waals surface area (Å²) >= 11 is 0. The summed E-state index contributed by atoms with van der Waals surface area (Å²) in [6.07, 6.45) is 1.86. The predicted molar refractivity (Wildman–Crippen MR) is 200 cm³/mol. The van der Waals surface area contributed by atoms with Gasteiger partial charge in [-0.05, 0) is 84.8 Å². The fourth-order valence-corrected chi connectivity index (χ4v) is 7.68. The van der Waals surface area contributed by atoms with Crippen LogP contribution in [0.15, 0.2) is 179 Å². The third-order valence-corrected chi connectivity index (χ3v) is 9.76. The maximum atomic E-state index is 6.62. The summed E-state index contributed by atoms with van der Waals surface area (Å²) in [5.41, 5.74) is 12.0. The van der Waals surface area contributed by atoms with Gasteiger partial charge in [0.05, 0.1) is 6.26 Å². The van der Waals surface area contributed by atoms with Gasteiger partial charge in [-0.25, -0.2) is 0 Å². The molecule has 2 heteroatoms. The van der Waals surface area contributed by atoms with E-state index in [1.165, 1.54) is 49.4 Å². The van der Waals surface area contributed by atoms with E-state index in [1.807, 2.05) is 24.5 Å². The maximum Gasteiger partial charge on any atom is 0.136 e. The van der Waals surface area contributed by atoms with Crippen LogP contribution in [0.1, 0.15) is 0 Å². The summed E-state index contributed by atoms with van der Waals surface area (Å²) in [5.74, 6) is 0. The molecule has 2 aromatic heterocycles. The zero-order chi connectivity index (χ0) is 31.6. The number of hydrogen-bond acceptors (Lipinski definition) is 2. The van der Waals surface area contributed by atoms with Crippen molar-refractivity contribution in [3.63, 3.8) is 0 Å². The molecule has 0 saturated carbocycles. The summed E-state index contributed by atoms with van der Waals surface area (Å²) in [4.78, 5) is 0. The van der Waals surface area contributed by atoms with Crippen LogP contribution in [0.2, 0.25) is 0 Å². The van der Waals surface area contributed by atoms with Gasteiger partial charge in [-0.15, -0.1) is 0 Å². The molecule has 0 spiro atoms. The van der Waals surface area contributed by atoms with Gasteiger partial charge < -0.3 is 8.83 Å². The average Bonchev–Trinajstić information content (AvgIpc) is 3.76. The summed E-state index contributed by atoms with van der Waals surface area (Å²) in [6, 6.07) is 58.3. The molecule has 0 atom stereocenters. The van der Waals surface area contributed by atoms with Gasteiger partial charge in [0.1, 0.15) is 16.7 Å². The molecule has 48 heavy (non-hydrogen) atoms. The first-order valence-electron chi connectivity index (χ1n) is 16.3. The molecule has 0 saturated heterocycles. The van der Waals surface area contributed by atoms with Crippen molar-refractivity contribution in [2.24, 2.45) is 0 Å². The molecule has 0 amide bonds. The van der Waals surface area contributed by atoms with Crippen molar-refractivity contribution in [3.8, 4) is 44.5 Å². The molecule has 10 aromatic rings. The molecule has 10 rings (SSSR count). The van der Waals surface area contributed by atoms with Crippen molar-refractivity contribution < 1.29 is 8.83 Å². The first kappa shape index (κ1) is 26.8. The standard InChI is InChI=1S/C46H28O2/c1-3-13-29(14-4-1)32-17-7-8-18-33(32)44-36-21-11-9-19-34(36)43(35-20-10-12-22-37(35)44)31-23-24-38-42(27-31)48-41-26-25-40-46(45(38)41)39(28-47-40)30-15-5-2-6-16-30/h1-28H. The first-order valence-corrected chi connectivity index (χ1v) is 16.3. The molecular formula is C46H28O2. The van der Waals surface area contributed by atoms with Crippen LogP contribution in [0, 0.1) is 0 Å². The van der Waals surface area contributed by atoms with E-state index in [2.05, 4.69) is 146 Å². The first-order chi connectivity index (χ1) is 23.8. The van der Waals surface area contributed by atoms with Crippen LogP contribution in [-0.4, -0.2) is 0 Å². The van der Waals surface area contributed by atoms with Crippen LogP contribution in [0.3, 0.4) is 0 Å². The Morgan fingerprint density at radius 3 is 1.52 bits per heavy atom. The third kappa shape index (κ3) is 4.00. The van der Waals surface area contributed by atoms with E-state index in [1.54, 1.807) is 0 Å². The molecule has 0 fully saturated rings. The van der Waals surface area contributed by atoms with Gasteiger partial charge >= 0.3 is 0 Å². The van der Waals surface area contributed by atoms with Gasteiger partial charge in [-0.3, -0.25) is 0 Å². The van der Waals surface area contributed by atoms with Crippen LogP contribution >= 0.6 is 0 Å². The minimum absolute atomic E-state index is 0.857. The van der Waals surface area contributed by atoms with Gasteiger partial charge in [0.15, 0.2) is 0 Å². The summed E-state index contributed by atoms with van der Waals surface area (Å²) in [6.45, 7) is 0. The Labute approximate surface area is 277 Å². The smallest absolute Gasteiger partial charge is 0.136 e. The Morgan fingerprint density at radius 2 is 0.854 bits per heavy atom. The van der Waals surface area contributed by atoms with Crippen molar-refractivity contribution >= 4 is 54.5 Å². The van der Waals surface area contributed by atoms with E-state index in [0.717, 1.165) is 49.6 Å². The van der Waals surface area contributed by atoms with Crippen molar-refractivity contribution in [2.45, 2.75) is 0 Å². The van der Waals surface area contributed by atoms with E-state index in [9.17, 15) is 0 Å². The van der Waals surface area contributed by atoms with E-state index in [4.69, 9.17) is 8.83 Å². The average molecular weight is 613 g/mol. The topological polar surface area (TPSA) is 26.3 Å². The van der Waals surface area contributed by atoms with Crippen molar-refractivity contribution in [3.05, 3.63) is 170 Å². The second-order valence-corrected chi connectivity index (χ2v) is 12.4. The van der Waals surface area contributed by atoms with Gasteiger partial charge in [-0.1, -0.05) is 140 Å². The highest BCUT2D eigenvalue weighted by atomic mass is 16.3. The quantitative estimate of drug-likeness (QED) is 0.185. The molecule has 0 N–H and O–H groups in total. The maximum absolute atomic E-state index is 6.62. The molecule has 2 nitrogen and oxygen atoms in total. The lowest BCUT2D eigenvalue weighted by Crippen LogP contribution is -1.92. The Kier molecular flexibility index (Phi) is 5.91. The van der Waals surface area contributed by atoms with Crippen LogP contribution in [0.4, 0.5) is 0 Å². The van der Waals surface area contributed by atoms with E-state index < -0.39 is 0 Å². The number of rotatable bonds is 4. The lowest BCUT2D eigenvalue weighted by atomic mass is 9.84. The largest absolute Gasteiger partial charge is 0.464 e. The van der Waals surface area contributed by atoms with Crippen LogP contribution in [0.25, 0.3) is 99.0 Å². The summed E-state index contributed by atoms with van der Waals surface area (Å²) in [7, 11) is 0. The highest BCUT2D eigenvalue weighted by Gasteiger charge is 2.21. The molecule has 0 unspecified atom stereocenters. The van der Waals surface area contributed by atoms with Crippen molar-refractivity contribution in [1.82, 2.24) is 0 Å². The fourth-order valence-electron chi connectivity index (χ4n) is 7.68. The highest BCUT2D eigenvalue weighted by molar-refractivity contribution is 6.25. The highest BCUT2D eigenvalue weighted by Crippen LogP contribution is 2.47. The van der Waals surface area contributed by atoms with Crippen LogP contribution in [-0.2, 0) is 0 Å². The van der Waals surface area contributed by atoms with Gasteiger partial charge in [0.2, 0.25) is 0 Å². The minimum atomic E-state index is 0.857. The number of furan rings is 2. The Bertz CT molecular complexity index is 2760. The van der Waals surface area contributed by atoms with E-state index >= 15 is 0 Å². The molecule has 224 valence electrons. The molecule has 0 bridgehead atoms. The minimum Gasteiger partial charge on any atom is -0.464 e. The van der Waals surface area contributed by atoms with Crippen LogP contribution in [0.5, 0.6) is 0 Å². The predicted octanol–water partition coefficient (Wildman–Crippen LogP) is 13.3. The zero-order valence-corrected chi connectivity index (χ0v) is 26.0. The molecule has 8 aromatic carbocycles. The van der Waals surface area contributed by atoms with Gasteiger partial charge in [-0.2, -0.15) is 0 Å². The molecule has 0 aliphatic rings. The number of fused-ring (bicyclic) bond motifs is 7. The second kappa shape index (κ2) is 10.6. The Hall–Kier alpha value is -6.38. The van der Waals surface area contributed by atoms with E-state index in [-0.39, 0.29) is 0 Å². The van der Waals surface area contributed by atoms with Gasteiger partial charge in [0.25, 0.3) is 0 Å². The molecule has 0 radical (unpaired) electrons. The second-order valence-electron chi connectivity index (χ2n) is 12.4. The lowest BCUT2D eigenvalue weighted by Gasteiger charge is -2.19. The molecule has 0 aliphatic carbocycles. The van der Waals surface area contributed by atoms with Crippen LogP contribution < -0.4 is 0 Å². The van der Waals surface area contributed by atoms with E-state index in [0.29, 0.717) is 0 Å².